The van der Waals surface area contributed by atoms with Crippen LogP contribution in [0, 0.1) is 6.07 Å². The zero-order valence-electron chi connectivity index (χ0n) is 16.1. The number of fused-ring (bicyclic) bond motifs is 3. The Morgan fingerprint density at radius 1 is 1.14 bits per heavy atom. The first-order valence-electron chi connectivity index (χ1n) is 10.1. The molecule has 0 saturated carbocycles. The second-order valence-electron chi connectivity index (χ2n) is 7.78. The lowest BCUT2D eigenvalue weighted by atomic mass is 9.87. The van der Waals surface area contributed by atoms with Gasteiger partial charge in [-0.1, -0.05) is 24.3 Å². The van der Waals surface area contributed by atoms with Gasteiger partial charge in [0, 0.05) is 29.9 Å². The van der Waals surface area contributed by atoms with E-state index in [1.165, 1.54) is 41.5 Å². The van der Waals surface area contributed by atoms with Crippen LogP contribution in [0.5, 0.6) is 11.5 Å². The van der Waals surface area contributed by atoms with E-state index < -0.39 is 0 Å². The molecule has 1 radical (unpaired) electrons. The molecule has 2 fully saturated rings. The van der Waals surface area contributed by atoms with Gasteiger partial charge in [-0.05, 0) is 61.5 Å². The van der Waals surface area contributed by atoms with Crippen LogP contribution < -0.4 is 9.47 Å². The first-order chi connectivity index (χ1) is 13.8. The van der Waals surface area contributed by atoms with Gasteiger partial charge in [0.1, 0.15) is 6.61 Å². The van der Waals surface area contributed by atoms with Crippen LogP contribution in [-0.4, -0.2) is 41.6 Å². The summed E-state index contributed by atoms with van der Waals surface area (Å²) in [6.45, 7) is 1.67. The Morgan fingerprint density at radius 2 is 1.96 bits per heavy atom. The fourth-order valence-corrected chi connectivity index (χ4v) is 5.86. The van der Waals surface area contributed by atoms with Gasteiger partial charge >= 0.3 is 0 Å². The van der Waals surface area contributed by atoms with Crippen molar-refractivity contribution in [3.05, 3.63) is 54.2 Å². The van der Waals surface area contributed by atoms with Crippen LogP contribution in [0.2, 0.25) is 0 Å². The van der Waals surface area contributed by atoms with Gasteiger partial charge in [-0.25, -0.2) is 0 Å². The van der Waals surface area contributed by atoms with Gasteiger partial charge in [-0.2, -0.15) is 4.37 Å². The Labute approximate surface area is 170 Å². The lowest BCUT2D eigenvalue weighted by Crippen LogP contribution is -2.44. The molecule has 2 unspecified atom stereocenters. The molecule has 5 rings (SSSR count). The first kappa shape index (κ1) is 18.0. The van der Waals surface area contributed by atoms with E-state index in [-0.39, 0.29) is 0 Å². The number of hydrogen-bond donors (Lipinski definition) is 0. The summed E-state index contributed by atoms with van der Waals surface area (Å²) in [5.41, 5.74) is 1.33. The van der Waals surface area contributed by atoms with E-state index in [0.717, 1.165) is 18.0 Å². The summed E-state index contributed by atoms with van der Waals surface area (Å²) in [5.74, 6) is 2.15. The van der Waals surface area contributed by atoms with E-state index in [2.05, 4.69) is 35.2 Å². The average molecular weight is 394 g/mol. The number of hydrogen-bond acceptors (Lipinski definition) is 5. The molecule has 2 atom stereocenters. The lowest BCUT2D eigenvalue weighted by Gasteiger charge is -2.38. The van der Waals surface area contributed by atoms with Crippen molar-refractivity contribution in [1.29, 1.82) is 0 Å². The minimum Gasteiger partial charge on any atom is -0.493 e. The minimum atomic E-state index is 0.593. The molecule has 5 heteroatoms. The molecular formula is C23H25N2O2S. The summed E-state index contributed by atoms with van der Waals surface area (Å²) >= 11 is 1.65. The molecular weight excluding hydrogens is 368 g/mol. The maximum atomic E-state index is 6.01. The molecule has 2 bridgehead atoms. The van der Waals surface area contributed by atoms with Gasteiger partial charge in [-0.3, -0.25) is 4.90 Å². The van der Waals surface area contributed by atoms with E-state index in [4.69, 9.17) is 13.8 Å². The van der Waals surface area contributed by atoms with E-state index in [1.807, 2.05) is 18.2 Å². The van der Waals surface area contributed by atoms with E-state index in [0.29, 0.717) is 24.6 Å². The number of benzene rings is 2. The normalized spacial score (nSPS) is 24.5. The Hall–Kier alpha value is -2.11. The van der Waals surface area contributed by atoms with Crippen LogP contribution in [-0.2, 0) is 0 Å². The second kappa shape index (κ2) is 7.72. The smallest absolute Gasteiger partial charge is 0.161 e. The molecule has 0 spiro atoms. The summed E-state index contributed by atoms with van der Waals surface area (Å²) in [6, 6.07) is 18.6. The molecule has 1 aromatic heterocycles. The molecule has 0 amide bonds. The van der Waals surface area contributed by atoms with Crippen LogP contribution in [0.3, 0.4) is 0 Å². The molecule has 3 aromatic rings. The highest BCUT2D eigenvalue weighted by molar-refractivity contribution is 7.13. The zero-order chi connectivity index (χ0) is 18.9. The van der Waals surface area contributed by atoms with Crippen LogP contribution in [0.4, 0.5) is 0 Å². The Morgan fingerprint density at radius 3 is 2.79 bits per heavy atom. The fourth-order valence-electron chi connectivity index (χ4n) is 5.00. The predicted molar refractivity (Wildman–Crippen MR) is 112 cm³/mol. The highest BCUT2D eigenvalue weighted by Gasteiger charge is 2.41. The number of ether oxygens (including phenoxy) is 2. The highest BCUT2D eigenvalue weighted by atomic mass is 32.1. The van der Waals surface area contributed by atoms with Crippen molar-refractivity contribution in [2.45, 2.75) is 43.7 Å². The van der Waals surface area contributed by atoms with Gasteiger partial charge in [0.25, 0.3) is 0 Å². The third-order valence-corrected chi connectivity index (χ3v) is 7.13. The van der Waals surface area contributed by atoms with E-state index in [1.54, 1.807) is 18.6 Å². The highest BCUT2D eigenvalue weighted by Crippen LogP contribution is 2.44. The lowest BCUT2D eigenvalue weighted by molar-refractivity contribution is 0.104. The zero-order valence-corrected chi connectivity index (χ0v) is 17.0. The van der Waals surface area contributed by atoms with Crippen LogP contribution in [0.15, 0.2) is 42.5 Å². The van der Waals surface area contributed by atoms with Gasteiger partial charge in [0.2, 0.25) is 0 Å². The van der Waals surface area contributed by atoms with Gasteiger partial charge in [0.15, 0.2) is 11.5 Å². The van der Waals surface area contributed by atoms with Crippen LogP contribution >= 0.6 is 11.5 Å². The van der Waals surface area contributed by atoms with Crippen molar-refractivity contribution in [3.8, 4) is 11.5 Å². The van der Waals surface area contributed by atoms with Crippen LogP contribution in [0.1, 0.15) is 37.3 Å². The molecule has 145 valence electrons. The number of rotatable bonds is 6. The summed E-state index contributed by atoms with van der Waals surface area (Å²) < 4.78 is 17.5. The minimum absolute atomic E-state index is 0.593. The molecule has 2 aliphatic heterocycles. The Kier molecular flexibility index (Phi) is 4.95. The summed E-state index contributed by atoms with van der Waals surface area (Å²) in [6.07, 6.45) is 5.03. The third-order valence-electron chi connectivity index (χ3n) is 6.29. The molecule has 4 nitrogen and oxygen atoms in total. The second-order valence-corrected chi connectivity index (χ2v) is 8.59. The van der Waals surface area contributed by atoms with Gasteiger partial charge < -0.3 is 9.47 Å². The molecule has 0 N–H and O–H groups in total. The third kappa shape index (κ3) is 3.27. The Balaban J connectivity index is 1.24. The van der Waals surface area contributed by atoms with E-state index >= 15 is 0 Å². The molecule has 2 aliphatic rings. The summed E-state index contributed by atoms with van der Waals surface area (Å²) in [4.78, 5) is 2.67. The van der Waals surface area contributed by atoms with E-state index in [9.17, 15) is 0 Å². The molecule has 2 aromatic carbocycles. The fraction of sp³-hybridized carbons (Fsp3) is 0.435. The molecule has 0 aliphatic carbocycles. The average Bonchev–Trinajstić information content (AvgIpc) is 3.26. The SMILES string of the molecule is COc1c[c]ccc1OCCN1C2CCC1CC(c1nsc3ccccc13)C2. The molecule has 28 heavy (non-hydrogen) atoms. The maximum Gasteiger partial charge on any atom is 0.161 e. The quantitative estimate of drug-likeness (QED) is 0.597. The number of piperidine rings is 1. The van der Waals surface area contributed by atoms with Crippen molar-refractivity contribution >= 4 is 21.6 Å². The monoisotopic (exact) mass is 393 g/mol. The van der Waals surface area contributed by atoms with Crippen LogP contribution in [0.25, 0.3) is 10.1 Å². The Bertz CT molecular complexity index is 942. The predicted octanol–water partition coefficient (Wildman–Crippen LogP) is 4.89. The summed E-state index contributed by atoms with van der Waals surface area (Å²) in [5, 5.41) is 1.36. The van der Waals surface area contributed by atoms with Crippen molar-refractivity contribution in [1.82, 2.24) is 9.27 Å². The summed E-state index contributed by atoms with van der Waals surface area (Å²) in [7, 11) is 1.67. The largest absolute Gasteiger partial charge is 0.493 e. The number of aromatic nitrogens is 1. The molecule has 3 heterocycles. The molecule has 2 saturated heterocycles. The number of nitrogens with zero attached hydrogens (tertiary/aromatic N) is 2. The van der Waals surface area contributed by atoms with Crippen molar-refractivity contribution < 1.29 is 9.47 Å². The van der Waals surface area contributed by atoms with Crippen molar-refractivity contribution in [2.24, 2.45) is 0 Å². The van der Waals surface area contributed by atoms with Gasteiger partial charge in [0.05, 0.1) is 17.5 Å². The number of methoxy groups -OCH3 is 1. The van der Waals surface area contributed by atoms with Gasteiger partial charge in [-0.15, -0.1) is 0 Å². The standard InChI is InChI=1S/C23H25N2O2S/c1-26-20-7-3-4-8-21(20)27-13-12-25-17-10-11-18(25)15-16(14-17)23-19-6-2-5-9-22(19)28-24-23/h2,4-9,16-18H,10-15H2,1H3. The van der Waals surface area contributed by atoms with Crippen molar-refractivity contribution in [3.63, 3.8) is 0 Å². The van der Waals surface area contributed by atoms with Crippen molar-refractivity contribution in [2.75, 3.05) is 20.3 Å². The maximum absolute atomic E-state index is 6.01. The first-order valence-corrected chi connectivity index (χ1v) is 10.9. The topological polar surface area (TPSA) is 34.6 Å².